The van der Waals surface area contributed by atoms with Crippen molar-refractivity contribution in [3.8, 4) is 5.75 Å². The van der Waals surface area contributed by atoms with Crippen LogP contribution in [0.3, 0.4) is 0 Å². The van der Waals surface area contributed by atoms with Gasteiger partial charge in [-0.25, -0.2) is 0 Å². The summed E-state index contributed by atoms with van der Waals surface area (Å²) in [5, 5.41) is 20.8. The highest BCUT2D eigenvalue weighted by Crippen LogP contribution is 2.19. The van der Waals surface area contributed by atoms with Crippen LogP contribution < -0.4 is 26.0 Å². The summed E-state index contributed by atoms with van der Waals surface area (Å²) in [7, 11) is 0. The minimum Gasteiger partial charge on any atom is -0.491 e. The van der Waals surface area contributed by atoms with E-state index in [9.17, 15) is 24.3 Å². The van der Waals surface area contributed by atoms with Crippen LogP contribution in [0.1, 0.15) is 48.0 Å². The molecular formula is C31H41N5O6. The number of hydrogen-bond acceptors (Lipinski definition) is 7. The van der Waals surface area contributed by atoms with Crippen LogP contribution in [0.5, 0.6) is 5.75 Å². The predicted molar refractivity (Wildman–Crippen MR) is 157 cm³/mol. The summed E-state index contributed by atoms with van der Waals surface area (Å²) in [6.45, 7) is 2.39. The summed E-state index contributed by atoms with van der Waals surface area (Å²) < 4.78 is 6.03. The first kappa shape index (κ1) is 31.0. The van der Waals surface area contributed by atoms with Crippen LogP contribution in [-0.2, 0) is 20.8 Å². The molecule has 2 heterocycles. The third kappa shape index (κ3) is 9.28. The van der Waals surface area contributed by atoms with Gasteiger partial charge in [-0.1, -0.05) is 55.3 Å². The van der Waals surface area contributed by atoms with Crippen molar-refractivity contribution in [1.82, 2.24) is 26.2 Å². The van der Waals surface area contributed by atoms with Gasteiger partial charge in [-0.05, 0) is 50.0 Å². The zero-order valence-electron chi connectivity index (χ0n) is 23.8. The van der Waals surface area contributed by atoms with Gasteiger partial charge in [0, 0.05) is 13.1 Å². The second-order valence-electron chi connectivity index (χ2n) is 10.8. The number of aliphatic hydroxyl groups is 1. The highest BCUT2D eigenvalue weighted by Gasteiger charge is 2.29. The average molecular weight is 580 g/mol. The van der Waals surface area contributed by atoms with E-state index in [1.54, 1.807) is 24.3 Å². The summed E-state index contributed by atoms with van der Waals surface area (Å²) >= 11 is 0. The SMILES string of the molecule is O=C1C[C@@H](C(=O)NCCN2CCCCCC2)NC(=O)c2ccccc2OC[C@@H](Cc2ccccc2)NC(=O)[C@H](CO)N1. The first-order valence-corrected chi connectivity index (χ1v) is 14.7. The Labute approximate surface area is 246 Å². The fourth-order valence-corrected chi connectivity index (χ4v) is 5.22. The van der Waals surface area contributed by atoms with E-state index in [0.717, 1.165) is 31.5 Å². The van der Waals surface area contributed by atoms with Gasteiger partial charge in [0.2, 0.25) is 17.7 Å². The molecule has 2 aromatic carbocycles. The molecule has 0 spiro atoms. The van der Waals surface area contributed by atoms with E-state index >= 15 is 0 Å². The topological polar surface area (TPSA) is 149 Å². The van der Waals surface area contributed by atoms with Gasteiger partial charge in [-0.2, -0.15) is 0 Å². The first-order valence-electron chi connectivity index (χ1n) is 14.7. The first-order chi connectivity index (χ1) is 20.4. The number of ether oxygens (including phenoxy) is 1. The molecule has 226 valence electrons. The Hall–Kier alpha value is -3.96. The lowest BCUT2D eigenvalue weighted by atomic mass is 10.1. The minimum absolute atomic E-state index is 0.0252. The van der Waals surface area contributed by atoms with E-state index in [1.165, 1.54) is 12.8 Å². The minimum atomic E-state index is -1.24. The molecule has 2 aromatic rings. The number of aliphatic hydroxyl groups excluding tert-OH is 1. The number of rotatable bonds is 7. The molecule has 2 aliphatic rings. The standard InChI is InChI=1S/C31H41N5O6/c37-20-26-31(41)33-23(18-22-10-4-3-5-11-22)21-42-27-13-7-6-12-24(27)29(39)35-25(19-28(38)34-26)30(40)32-14-17-36-15-8-1-2-9-16-36/h3-7,10-13,23,25-26,37H,1-2,8-9,14-21H2,(H,32,40)(H,33,41)(H,34,38)(H,35,39)/t23-,25+,26+/m1/s1. The zero-order chi connectivity index (χ0) is 29.7. The van der Waals surface area contributed by atoms with E-state index < -0.39 is 54.8 Å². The highest BCUT2D eigenvalue weighted by atomic mass is 16.5. The number of fused-ring (bicyclic) bond motifs is 1. The van der Waals surface area contributed by atoms with Crippen molar-refractivity contribution in [2.75, 3.05) is 39.4 Å². The predicted octanol–water partition coefficient (Wildman–Crippen LogP) is 0.764. The molecule has 0 unspecified atom stereocenters. The van der Waals surface area contributed by atoms with Gasteiger partial charge in [0.1, 0.15) is 24.4 Å². The number of para-hydroxylation sites is 1. The Bertz CT molecular complexity index is 1200. The molecule has 11 nitrogen and oxygen atoms in total. The van der Waals surface area contributed by atoms with Crippen LogP contribution in [0.15, 0.2) is 54.6 Å². The zero-order valence-corrected chi connectivity index (χ0v) is 23.8. The van der Waals surface area contributed by atoms with Crippen LogP contribution in [-0.4, -0.2) is 91.2 Å². The van der Waals surface area contributed by atoms with Gasteiger partial charge >= 0.3 is 0 Å². The number of nitrogens with one attached hydrogen (secondary N) is 4. The molecule has 11 heteroatoms. The summed E-state index contributed by atoms with van der Waals surface area (Å²) in [4.78, 5) is 55.0. The number of hydrogen-bond donors (Lipinski definition) is 5. The maximum atomic E-state index is 13.4. The molecule has 1 saturated heterocycles. The third-order valence-corrected chi connectivity index (χ3v) is 7.51. The fourth-order valence-electron chi connectivity index (χ4n) is 5.22. The Morgan fingerprint density at radius 2 is 1.64 bits per heavy atom. The lowest BCUT2D eigenvalue weighted by Gasteiger charge is -2.26. The van der Waals surface area contributed by atoms with Crippen molar-refractivity contribution in [3.05, 3.63) is 65.7 Å². The van der Waals surface area contributed by atoms with E-state index in [2.05, 4.69) is 26.2 Å². The summed E-state index contributed by atoms with van der Waals surface area (Å²) in [5.41, 5.74) is 1.16. The van der Waals surface area contributed by atoms with Gasteiger partial charge in [-0.3, -0.25) is 19.2 Å². The Morgan fingerprint density at radius 3 is 2.38 bits per heavy atom. The third-order valence-electron chi connectivity index (χ3n) is 7.51. The summed E-state index contributed by atoms with van der Waals surface area (Å²) in [6.07, 6.45) is 4.67. The quantitative estimate of drug-likeness (QED) is 0.325. The maximum Gasteiger partial charge on any atom is 0.255 e. The lowest BCUT2D eigenvalue weighted by Crippen LogP contribution is -2.55. The molecule has 5 N–H and O–H groups in total. The van der Waals surface area contributed by atoms with Gasteiger partial charge in [0.25, 0.3) is 5.91 Å². The number of carbonyl (C=O) groups excluding carboxylic acids is 4. The van der Waals surface area contributed by atoms with Crippen molar-refractivity contribution in [2.24, 2.45) is 0 Å². The molecule has 0 aliphatic carbocycles. The van der Waals surface area contributed by atoms with Crippen LogP contribution in [0.4, 0.5) is 0 Å². The summed E-state index contributed by atoms with van der Waals surface area (Å²) in [5.74, 6) is -2.03. The van der Waals surface area contributed by atoms with Crippen LogP contribution in [0.2, 0.25) is 0 Å². The summed E-state index contributed by atoms with van der Waals surface area (Å²) in [6, 6.07) is 13.2. The Kier molecular flexibility index (Phi) is 11.7. The van der Waals surface area contributed by atoms with Gasteiger partial charge in [0.15, 0.2) is 0 Å². The smallest absolute Gasteiger partial charge is 0.255 e. The molecule has 4 rings (SSSR count). The molecule has 1 fully saturated rings. The largest absolute Gasteiger partial charge is 0.491 e. The van der Waals surface area contributed by atoms with Crippen molar-refractivity contribution >= 4 is 23.6 Å². The molecule has 0 aromatic heterocycles. The van der Waals surface area contributed by atoms with Gasteiger partial charge < -0.3 is 36.0 Å². The number of nitrogens with zero attached hydrogens (tertiary/aromatic N) is 1. The van der Waals surface area contributed by atoms with Gasteiger partial charge in [0.05, 0.1) is 24.6 Å². The highest BCUT2D eigenvalue weighted by molar-refractivity contribution is 6.01. The lowest BCUT2D eigenvalue weighted by molar-refractivity contribution is -0.132. The van der Waals surface area contributed by atoms with E-state index in [-0.39, 0.29) is 17.9 Å². The Morgan fingerprint density at radius 1 is 0.929 bits per heavy atom. The molecule has 0 bridgehead atoms. The number of benzene rings is 2. The second kappa shape index (κ2) is 15.9. The fraction of sp³-hybridized carbons (Fsp3) is 0.484. The molecule has 2 aliphatic heterocycles. The van der Waals surface area contributed by atoms with Crippen molar-refractivity contribution in [3.63, 3.8) is 0 Å². The number of amides is 4. The maximum absolute atomic E-state index is 13.4. The van der Waals surface area contributed by atoms with Gasteiger partial charge in [-0.15, -0.1) is 0 Å². The molecule has 0 saturated carbocycles. The monoisotopic (exact) mass is 579 g/mol. The number of carbonyl (C=O) groups is 4. The molecular weight excluding hydrogens is 538 g/mol. The normalized spacial score (nSPS) is 22.7. The number of likely N-dealkylation sites (tertiary alicyclic amines) is 1. The van der Waals surface area contributed by atoms with Crippen LogP contribution >= 0.6 is 0 Å². The van der Waals surface area contributed by atoms with Crippen molar-refractivity contribution in [1.29, 1.82) is 0 Å². The molecule has 3 atom stereocenters. The van der Waals surface area contributed by atoms with E-state index in [0.29, 0.717) is 19.5 Å². The molecule has 0 radical (unpaired) electrons. The van der Waals surface area contributed by atoms with Crippen LogP contribution in [0, 0.1) is 0 Å². The van der Waals surface area contributed by atoms with Crippen LogP contribution in [0.25, 0.3) is 0 Å². The van der Waals surface area contributed by atoms with Crippen molar-refractivity contribution in [2.45, 2.75) is 56.7 Å². The molecule has 4 amide bonds. The second-order valence-corrected chi connectivity index (χ2v) is 10.8. The van der Waals surface area contributed by atoms with E-state index in [1.807, 2.05) is 30.3 Å². The average Bonchev–Trinajstić information content (AvgIpc) is 3.27. The van der Waals surface area contributed by atoms with Crippen molar-refractivity contribution < 1.29 is 29.0 Å². The molecule has 42 heavy (non-hydrogen) atoms. The van der Waals surface area contributed by atoms with E-state index in [4.69, 9.17) is 4.74 Å². The Balaban J connectivity index is 1.51.